The van der Waals surface area contributed by atoms with Crippen molar-refractivity contribution in [3.63, 3.8) is 0 Å². The molecule has 0 radical (unpaired) electrons. The molecule has 0 aliphatic carbocycles. The number of pyridine rings is 1. The van der Waals surface area contributed by atoms with Gasteiger partial charge in [0, 0.05) is 12.4 Å². The Kier molecular flexibility index (Phi) is 3.07. The van der Waals surface area contributed by atoms with Gasteiger partial charge in [0.25, 0.3) is 0 Å². The third kappa shape index (κ3) is 2.32. The van der Waals surface area contributed by atoms with E-state index in [1.165, 1.54) is 0 Å². The Morgan fingerprint density at radius 2 is 2.31 bits per heavy atom. The number of hydrazine groups is 1. The van der Waals surface area contributed by atoms with Crippen molar-refractivity contribution in [3.05, 3.63) is 40.8 Å². The van der Waals surface area contributed by atoms with Crippen LogP contribution >= 0.6 is 11.6 Å². The highest BCUT2D eigenvalue weighted by molar-refractivity contribution is 6.31. The molecule has 0 atom stereocenters. The molecule has 2 aromatic rings. The van der Waals surface area contributed by atoms with E-state index in [-0.39, 0.29) is 0 Å². The maximum atomic E-state index is 5.92. The number of aromatic nitrogens is 3. The standard InChI is InChI=1S/C10H12ClN5/c1-7-9(11)6-16(15-7)5-8-2-3-10(14-12)13-4-8/h2-4,6H,5,12H2,1H3,(H,13,14). The SMILES string of the molecule is Cc1nn(Cc2ccc(NN)nc2)cc1Cl. The van der Waals surface area contributed by atoms with Crippen molar-refractivity contribution in [2.24, 2.45) is 5.84 Å². The van der Waals surface area contributed by atoms with Gasteiger partial charge in [0.2, 0.25) is 0 Å². The Bertz CT molecular complexity index is 457. The van der Waals surface area contributed by atoms with E-state index in [9.17, 15) is 0 Å². The summed E-state index contributed by atoms with van der Waals surface area (Å²) in [6.45, 7) is 2.52. The fourth-order valence-electron chi connectivity index (χ4n) is 1.37. The number of halogens is 1. The fourth-order valence-corrected chi connectivity index (χ4v) is 1.52. The van der Waals surface area contributed by atoms with Crippen LogP contribution in [0.3, 0.4) is 0 Å². The van der Waals surface area contributed by atoms with E-state index in [0.29, 0.717) is 17.4 Å². The van der Waals surface area contributed by atoms with Crippen LogP contribution in [0.4, 0.5) is 5.82 Å². The highest BCUT2D eigenvalue weighted by Gasteiger charge is 2.02. The van der Waals surface area contributed by atoms with Crippen LogP contribution in [0.15, 0.2) is 24.5 Å². The summed E-state index contributed by atoms with van der Waals surface area (Å²) >= 11 is 5.92. The van der Waals surface area contributed by atoms with Crippen molar-refractivity contribution < 1.29 is 0 Å². The summed E-state index contributed by atoms with van der Waals surface area (Å²) in [6, 6.07) is 3.75. The van der Waals surface area contributed by atoms with Gasteiger partial charge < -0.3 is 5.43 Å². The van der Waals surface area contributed by atoms with E-state index >= 15 is 0 Å². The molecule has 3 N–H and O–H groups in total. The van der Waals surface area contributed by atoms with Crippen LogP contribution in [0.5, 0.6) is 0 Å². The van der Waals surface area contributed by atoms with Gasteiger partial charge >= 0.3 is 0 Å². The average molecular weight is 238 g/mol. The van der Waals surface area contributed by atoms with Crippen molar-refractivity contribution in [1.82, 2.24) is 14.8 Å². The molecule has 16 heavy (non-hydrogen) atoms. The molecule has 0 unspecified atom stereocenters. The van der Waals surface area contributed by atoms with Crippen molar-refractivity contribution in [2.75, 3.05) is 5.43 Å². The van der Waals surface area contributed by atoms with E-state index < -0.39 is 0 Å². The van der Waals surface area contributed by atoms with Gasteiger partial charge in [-0.2, -0.15) is 5.10 Å². The lowest BCUT2D eigenvalue weighted by molar-refractivity contribution is 0.678. The van der Waals surface area contributed by atoms with Gasteiger partial charge in [-0.05, 0) is 18.6 Å². The molecule has 0 amide bonds. The summed E-state index contributed by atoms with van der Waals surface area (Å²) in [5.74, 6) is 5.87. The van der Waals surface area contributed by atoms with Crippen molar-refractivity contribution >= 4 is 17.4 Å². The summed E-state index contributed by atoms with van der Waals surface area (Å²) in [7, 11) is 0. The minimum absolute atomic E-state index is 0.637. The molecule has 0 aliphatic heterocycles. The number of hydrogen-bond acceptors (Lipinski definition) is 4. The molecule has 0 saturated heterocycles. The Morgan fingerprint density at radius 1 is 1.50 bits per heavy atom. The van der Waals surface area contributed by atoms with Crippen LogP contribution in [0.1, 0.15) is 11.3 Å². The van der Waals surface area contributed by atoms with Crippen LogP contribution in [0.25, 0.3) is 0 Å². The molecule has 5 nitrogen and oxygen atoms in total. The van der Waals surface area contributed by atoms with Gasteiger partial charge in [0.05, 0.1) is 17.3 Å². The third-order valence-corrected chi connectivity index (χ3v) is 2.57. The maximum Gasteiger partial charge on any atom is 0.139 e. The van der Waals surface area contributed by atoms with E-state index in [4.69, 9.17) is 17.4 Å². The molecule has 0 fully saturated rings. The minimum Gasteiger partial charge on any atom is -0.308 e. The van der Waals surface area contributed by atoms with Gasteiger partial charge in [-0.15, -0.1) is 0 Å². The number of hydrogen-bond donors (Lipinski definition) is 2. The highest BCUT2D eigenvalue weighted by Crippen LogP contribution is 2.13. The second-order valence-electron chi connectivity index (χ2n) is 3.46. The Labute approximate surface area is 98.2 Å². The molecule has 6 heteroatoms. The maximum absolute atomic E-state index is 5.92. The van der Waals surface area contributed by atoms with E-state index in [1.54, 1.807) is 17.1 Å². The number of nitrogens with two attached hydrogens (primary N) is 1. The number of nitrogen functional groups attached to an aromatic ring is 1. The molecule has 0 bridgehead atoms. The molecular weight excluding hydrogens is 226 g/mol. The summed E-state index contributed by atoms with van der Waals surface area (Å²) in [5, 5.41) is 4.94. The number of nitrogens with one attached hydrogen (secondary N) is 1. The number of aryl methyl sites for hydroxylation is 1. The van der Waals surface area contributed by atoms with Crippen LogP contribution in [0, 0.1) is 6.92 Å². The van der Waals surface area contributed by atoms with E-state index in [2.05, 4.69) is 15.5 Å². The van der Waals surface area contributed by atoms with Crippen molar-refractivity contribution in [1.29, 1.82) is 0 Å². The van der Waals surface area contributed by atoms with Gasteiger partial charge in [-0.25, -0.2) is 10.8 Å². The number of anilines is 1. The predicted molar refractivity (Wildman–Crippen MR) is 63.1 cm³/mol. The first kappa shape index (κ1) is 10.9. The van der Waals surface area contributed by atoms with Gasteiger partial charge in [-0.3, -0.25) is 4.68 Å². The molecule has 0 aliphatic rings. The topological polar surface area (TPSA) is 68.8 Å². The zero-order chi connectivity index (χ0) is 11.5. The second kappa shape index (κ2) is 4.51. The molecule has 2 rings (SSSR count). The zero-order valence-corrected chi connectivity index (χ0v) is 9.57. The Morgan fingerprint density at radius 3 is 2.81 bits per heavy atom. The molecule has 84 valence electrons. The number of rotatable bonds is 3. The van der Waals surface area contributed by atoms with Crippen LogP contribution in [-0.4, -0.2) is 14.8 Å². The lowest BCUT2D eigenvalue weighted by Gasteiger charge is -2.02. The normalized spacial score (nSPS) is 10.4. The van der Waals surface area contributed by atoms with Gasteiger partial charge in [-0.1, -0.05) is 17.7 Å². The molecule has 2 heterocycles. The monoisotopic (exact) mass is 237 g/mol. The molecule has 0 aromatic carbocycles. The highest BCUT2D eigenvalue weighted by atomic mass is 35.5. The number of nitrogens with zero attached hydrogens (tertiary/aromatic N) is 3. The minimum atomic E-state index is 0.637. The van der Waals surface area contributed by atoms with E-state index in [1.807, 2.05) is 19.1 Å². The molecular formula is C10H12ClN5. The Hall–Kier alpha value is -1.59. The summed E-state index contributed by atoms with van der Waals surface area (Å²) < 4.78 is 1.78. The predicted octanol–water partition coefficient (Wildman–Crippen LogP) is 1.57. The van der Waals surface area contributed by atoms with Crippen LogP contribution in [0.2, 0.25) is 5.02 Å². The second-order valence-corrected chi connectivity index (χ2v) is 3.86. The van der Waals surface area contributed by atoms with Crippen molar-refractivity contribution in [3.8, 4) is 0 Å². The average Bonchev–Trinajstić information content (AvgIpc) is 2.59. The lowest BCUT2D eigenvalue weighted by atomic mass is 10.3. The molecule has 0 spiro atoms. The first-order chi connectivity index (χ1) is 7.69. The van der Waals surface area contributed by atoms with E-state index in [0.717, 1.165) is 11.3 Å². The van der Waals surface area contributed by atoms with Gasteiger partial charge in [0.15, 0.2) is 0 Å². The van der Waals surface area contributed by atoms with Crippen LogP contribution in [-0.2, 0) is 6.54 Å². The Balaban J connectivity index is 2.14. The molecule has 0 saturated carbocycles. The molecule has 2 aromatic heterocycles. The van der Waals surface area contributed by atoms with Crippen LogP contribution < -0.4 is 11.3 Å². The zero-order valence-electron chi connectivity index (χ0n) is 8.81. The first-order valence-electron chi connectivity index (χ1n) is 4.80. The smallest absolute Gasteiger partial charge is 0.139 e. The van der Waals surface area contributed by atoms with Crippen molar-refractivity contribution in [2.45, 2.75) is 13.5 Å². The first-order valence-corrected chi connectivity index (χ1v) is 5.18. The fraction of sp³-hybridized carbons (Fsp3) is 0.200. The third-order valence-electron chi connectivity index (χ3n) is 2.20. The quantitative estimate of drug-likeness (QED) is 0.628. The summed E-state index contributed by atoms with van der Waals surface area (Å²) in [4.78, 5) is 4.11. The summed E-state index contributed by atoms with van der Waals surface area (Å²) in [5.41, 5.74) is 4.35. The van der Waals surface area contributed by atoms with Gasteiger partial charge in [0.1, 0.15) is 5.82 Å². The lowest BCUT2D eigenvalue weighted by Crippen LogP contribution is -2.08. The summed E-state index contributed by atoms with van der Waals surface area (Å²) in [6.07, 6.45) is 3.55. The largest absolute Gasteiger partial charge is 0.308 e.